The van der Waals surface area contributed by atoms with Crippen molar-refractivity contribution in [2.24, 2.45) is 0 Å². The van der Waals surface area contributed by atoms with Crippen LogP contribution in [-0.4, -0.2) is 31.1 Å². The van der Waals surface area contributed by atoms with E-state index in [0.29, 0.717) is 22.9 Å². The highest BCUT2D eigenvalue weighted by molar-refractivity contribution is 7.99. The van der Waals surface area contributed by atoms with E-state index in [0.717, 1.165) is 24.3 Å². The molecule has 92 valence electrons. The Hall–Kier alpha value is -1.69. The maximum absolute atomic E-state index is 11.8. The summed E-state index contributed by atoms with van der Waals surface area (Å²) in [4.78, 5) is 20.3. The number of Topliss-reactive ketones (excluding diaryl/α,β-unsaturated/α-hetero) is 1. The van der Waals surface area contributed by atoms with E-state index in [-0.39, 0.29) is 5.78 Å². The zero-order valence-corrected chi connectivity index (χ0v) is 10.6. The monoisotopic (exact) mass is 260 g/mol. The average Bonchev–Trinajstić information content (AvgIpc) is 2.80. The van der Waals surface area contributed by atoms with Gasteiger partial charge < -0.3 is 0 Å². The summed E-state index contributed by atoms with van der Waals surface area (Å²) in [6.07, 6.45) is 5.77. The van der Waals surface area contributed by atoms with Gasteiger partial charge >= 0.3 is 0 Å². The molecule has 0 amide bonds. The van der Waals surface area contributed by atoms with Crippen LogP contribution in [0, 0.1) is 0 Å². The summed E-state index contributed by atoms with van der Waals surface area (Å²) < 4.78 is 1.71. The number of ketones is 1. The van der Waals surface area contributed by atoms with Gasteiger partial charge in [0.05, 0.1) is 11.3 Å². The van der Waals surface area contributed by atoms with Crippen molar-refractivity contribution in [1.82, 2.24) is 19.6 Å². The third kappa shape index (κ3) is 1.82. The molecule has 2 heterocycles. The van der Waals surface area contributed by atoms with Gasteiger partial charge in [0.25, 0.3) is 5.78 Å². The van der Waals surface area contributed by atoms with Crippen LogP contribution in [0.15, 0.2) is 24.0 Å². The average molecular weight is 260 g/mol. The predicted molar refractivity (Wildman–Crippen MR) is 69.0 cm³/mol. The van der Waals surface area contributed by atoms with E-state index >= 15 is 0 Å². The summed E-state index contributed by atoms with van der Waals surface area (Å²) in [5.41, 5.74) is 1.63. The first-order valence-electron chi connectivity index (χ1n) is 5.81. The third-order valence-electron chi connectivity index (χ3n) is 2.89. The number of aryl methyl sites for hydroxylation is 1. The first kappa shape index (κ1) is 11.4. The van der Waals surface area contributed by atoms with E-state index in [1.807, 2.05) is 6.08 Å². The number of carbonyl (C=O) groups excluding carboxylic acids is 1. The van der Waals surface area contributed by atoms with Crippen molar-refractivity contribution in [3.63, 3.8) is 0 Å². The fraction of sp³-hybridized carbons (Fsp3) is 0.333. The molecule has 2 aromatic rings. The second-order valence-corrected chi connectivity index (χ2v) is 5.09. The van der Waals surface area contributed by atoms with Gasteiger partial charge in [0.2, 0.25) is 5.16 Å². The van der Waals surface area contributed by atoms with Crippen LogP contribution in [0.3, 0.4) is 0 Å². The molecule has 0 bridgehead atoms. The van der Waals surface area contributed by atoms with Crippen LogP contribution < -0.4 is 0 Å². The van der Waals surface area contributed by atoms with Crippen LogP contribution in [0.5, 0.6) is 0 Å². The smallest absolute Gasteiger partial charge is 0.253 e. The largest absolute Gasteiger partial charge is 0.294 e. The highest BCUT2D eigenvalue weighted by Crippen LogP contribution is 2.22. The Labute approximate surface area is 108 Å². The summed E-state index contributed by atoms with van der Waals surface area (Å²) in [5, 5.41) is 5.08. The molecule has 5 nitrogen and oxygen atoms in total. The molecule has 0 radical (unpaired) electrons. The summed E-state index contributed by atoms with van der Waals surface area (Å²) in [6.45, 7) is 3.67. The minimum absolute atomic E-state index is 0.154. The molecule has 3 rings (SSSR count). The number of carbonyl (C=O) groups is 1. The molecule has 0 N–H and O–H groups in total. The van der Waals surface area contributed by atoms with E-state index in [1.165, 1.54) is 11.8 Å². The minimum atomic E-state index is 0.154. The Morgan fingerprint density at radius 2 is 2.39 bits per heavy atom. The molecule has 0 saturated carbocycles. The van der Waals surface area contributed by atoms with Crippen molar-refractivity contribution < 1.29 is 4.79 Å². The number of thioether (sulfide) groups is 1. The summed E-state index contributed by atoms with van der Waals surface area (Å²) >= 11 is 1.51. The molecule has 0 unspecified atom stereocenters. The first-order chi connectivity index (χ1) is 8.79. The van der Waals surface area contributed by atoms with Crippen LogP contribution >= 0.6 is 11.8 Å². The number of rotatable bonds is 3. The molecule has 6 heteroatoms. The van der Waals surface area contributed by atoms with Gasteiger partial charge in [-0.25, -0.2) is 4.98 Å². The molecule has 18 heavy (non-hydrogen) atoms. The van der Waals surface area contributed by atoms with E-state index in [2.05, 4.69) is 21.6 Å². The molecular weight excluding hydrogens is 248 g/mol. The maximum Gasteiger partial charge on any atom is 0.253 e. The van der Waals surface area contributed by atoms with Gasteiger partial charge in [0, 0.05) is 18.4 Å². The lowest BCUT2D eigenvalue weighted by atomic mass is 9.96. The number of hydrogen-bond donors (Lipinski definition) is 0. The van der Waals surface area contributed by atoms with Crippen molar-refractivity contribution >= 4 is 23.3 Å². The standard InChI is InChI=1S/C12H12N4OS/c1-2-6-18-12-14-11-13-7-8-9(16(11)15-12)4-3-5-10(8)17/h2,7H,1,3-6H2. The van der Waals surface area contributed by atoms with Gasteiger partial charge in [-0.3, -0.25) is 4.79 Å². The van der Waals surface area contributed by atoms with Gasteiger partial charge in [-0.2, -0.15) is 9.50 Å². The highest BCUT2D eigenvalue weighted by atomic mass is 32.2. The fourth-order valence-electron chi connectivity index (χ4n) is 2.08. The van der Waals surface area contributed by atoms with E-state index in [1.54, 1.807) is 10.7 Å². The van der Waals surface area contributed by atoms with E-state index in [4.69, 9.17) is 0 Å². The summed E-state index contributed by atoms with van der Waals surface area (Å²) in [6, 6.07) is 0. The SMILES string of the molecule is C=CCSc1nc2ncc3c(n2n1)CCCC3=O. The highest BCUT2D eigenvalue weighted by Gasteiger charge is 2.21. The fourth-order valence-corrected chi connectivity index (χ4v) is 2.63. The Morgan fingerprint density at radius 3 is 3.22 bits per heavy atom. The Bertz CT molecular complexity index is 634. The van der Waals surface area contributed by atoms with Crippen LogP contribution in [0.1, 0.15) is 28.9 Å². The molecule has 0 aliphatic heterocycles. The van der Waals surface area contributed by atoms with Crippen LogP contribution in [0.25, 0.3) is 5.78 Å². The van der Waals surface area contributed by atoms with Crippen LogP contribution in [0.4, 0.5) is 0 Å². The van der Waals surface area contributed by atoms with Gasteiger partial charge in [-0.15, -0.1) is 11.7 Å². The zero-order chi connectivity index (χ0) is 12.5. The molecule has 0 atom stereocenters. The minimum Gasteiger partial charge on any atom is -0.294 e. The van der Waals surface area contributed by atoms with Crippen LogP contribution in [0.2, 0.25) is 0 Å². The second-order valence-electron chi connectivity index (χ2n) is 4.10. The molecule has 0 aromatic carbocycles. The van der Waals surface area contributed by atoms with E-state index < -0.39 is 0 Å². The second kappa shape index (κ2) is 4.53. The quantitative estimate of drug-likeness (QED) is 0.623. The third-order valence-corrected chi connectivity index (χ3v) is 3.73. The predicted octanol–water partition coefficient (Wildman–Crippen LogP) is 1.92. The Morgan fingerprint density at radius 1 is 1.50 bits per heavy atom. The topological polar surface area (TPSA) is 60.1 Å². The van der Waals surface area contributed by atoms with Gasteiger partial charge in [0.15, 0.2) is 5.78 Å². The lowest BCUT2D eigenvalue weighted by Crippen LogP contribution is -2.16. The molecule has 2 aromatic heterocycles. The number of aromatic nitrogens is 4. The first-order valence-corrected chi connectivity index (χ1v) is 6.79. The summed E-state index contributed by atoms with van der Waals surface area (Å²) in [7, 11) is 0. The molecule has 0 spiro atoms. The lowest BCUT2D eigenvalue weighted by Gasteiger charge is -2.13. The van der Waals surface area contributed by atoms with Crippen molar-refractivity contribution in [3.05, 3.63) is 30.1 Å². The molecule has 0 fully saturated rings. The van der Waals surface area contributed by atoms with Crippen molar-refractivity contribution in [1.29, 1.82) is 0 Å². The van der Waals surface area contributed by atoms with Gasteiger partial charge in [0.1, 0.15) is 0 Å². The molecule has 1 aliphatic rings. The molecule has 1 aliphatic carbocycles. The normalized spacial score (nSPS) is 14.8. The number of fused-ring (bicyclic) bond motifs is 3. The van der Waals surface area contributed by atoms with Crippen molar-refractivity contribution in [2.45, 2.75) is 24.4 Å². The van der Waals surface area contributed by atoms with E-state index in [9.17, 15) is 4.79 Å². The Kier molecular flexibility index (Phi) is 2.87. The number of hydrogen-bond acceptors (Lipinski definition) is 5. The van der Waals surface area contributed by atoms with Crippen molar-refractivity contribution in [3.8, 4) is 0 Å². The number of nitrogens with zero attached hydrogens (tertiary/aromatic N) is 4. The maximum atomic E-state index is 11.8. The van der Waals surface area contributed by atoms with Crippen molar-refractivity contribution in [2.75, 3.05) is 5.75 Å². The van der Waals surface area contributed by atoms with Crippen LogP contribution in [-0.2, 0) is 6.42 Å². The molecule has 0 saturated heterocycles. The summed E-state index contributed by atoms with van der Waals surface area (Å²) in [5.74, 6) is 1.48. The molecular formula is C12H12N4OS. The Balaban J connectivity index is 2.10. The lowest BCUT2D eigenvalue weighted by molar-refractivity contribution is 0.0970. The van der Waals surface area contributed by atoms with Gasteiger partial charge in [-0.1, -0.05) is 17.8 Å². The zero-order valence-electron chi connectivity index (χ0n) is 9.80. The van der Waals surface area contributed by atoms with Gasteiger partial charge in [-0.05, 0) is 12.8 Å².